The summed E-state index contributed by atoms with van der Waals surface area (Å²) < 4.78 is 11.1. The molecule has 4 aromatic rings. The van der Waals surface area contributed by atoms with Crippen LogP contribution in [0.4, 0.5) is 11.4 Å². The Balaban J connectivity index is 1.12. The summed E-state index contributed by atoms with van der Waals surface area (Å²) in [6.45, 7) is 9.21. The third-order valence-corrected chi connectivity index (χ3v) is 8.61. The van der Waals surface area contributed by atoms with Gasteiger partial charge in [0.1, 0.15) is 18.0 Å². The molecule has 0 aliphatic carbocycles. The first-order valence-electron chi connectivity index (χ1n) is 13.6. The average Bonchev–Trinajstić information content (AvgIpc) is 3.43. The monoisotopic (exact) mass is 591 g/mol. The van der Waals surface area contributed by atoms with Gasteiger partial charge < -0.3 is 25.0 Å². The Morgan fingerprint density at radius 3 is 2.49 bits per heavy atom. The number of nitrogens with one attached hydrogen (secondary N) is 2. The maximum Gasteiger partial charge on any atom is 0.265 e. The summed E-state index contributed by atoms with van der Waals surface area (Å²) in [5.74, 6) is 0.540. The van der Waals surface area contributed by atoms with Crippen molar-refractivity contribution in [3.8, 4) is 11.5 Å². The molecule has 1 saturated heterocycles. The molecule has 0 atom stereocenters. The van der Waals surface area contributed by atoms with Crippen LogP contribution in [0.5, 0.6) is 11.5 Å². The average molecular weight is 592 g/mol. The third kappa shape index (κ3) is 6.31. The lowest BCUT2D eigenvalue weighted by Gasteiger charge is -2.33. The highest BCUT2D eigenvalue weighted by Crippen LogP contribution is 2.32. The molecule has 2 amide bonds. The van der Waals surface area contributed by atoms with Crippen molar-refractivity contribution in [1.29, 1.82) is 0 Å². The van der Waals surface area contributed by atoms with Gasteiger partial charge in [0.05, 0.1) is 21.3 Å². The second kappa shape index (κ2) is 12.0. The zero-order valence-corrected chi connectivity index (χ0v) is 24.2. The van der Waals surface area contributed by atoms with Crippen molar-refractivity contribution in [2.75, 3.05) is 56.6 Å². The van der Waals surface area contributed by atoms with E-state index in [9.17, 15) is 9.59 Å². The Kier molecular flexibility index (Phi) is 8.06. The Bertz CT molecular complexity index is 1600. The molecule has 0 radical (unpaired) electrons. The van der Waals surface area contributed by atoms with Gasteiger partial charge in [-0.3, -0.25) is 14.5 Å². The second-order valence-corrected chi connectivity index (χ2v) is 11.4. The van der Waals surface area contributed by atoms with Crippen molar-refractivity contribution in [3.63, 3.8) is 0 Å². The van der Waals surface area contributed by atoms with Crippen LogP contribution in [0.2, 0.25) is 5.02 Å². The van der Waals surface area contributed by atoms with Crippen LogP contribution in [0.15, 0.2) is 54.6 Å². The van der Waals surface area contributed by atoms with Gasteiger partial charge in [-0.15, -0.1) is 11.3 Å². The predicted molar refractivity (Wildman–Crippen MR) is 162 cm³/mol. The number of anilines is 2. The van der Waals surface area contributed by atoms with Crippen molar-refractivity contribution in [2.24, 2.45) is 0 Å². The number of benzene rings is 2. The number of nitrogens with zero attached hydrogens (tertiary/aromatic N) is 3. The molecule has 2 aromatic heterocycles. The summed E-state index contributed by atoms with van der Waals surface area (Å²) in [6, 6.07) is 15.9. The molecule has 9 nitrogen and oxygen atoms in total. The van der Waals surface area contributed by atoms with Crippen molar-refractivity contribution in [2.45, 2.75) is 13.5 Å². The number of aromatic nitrogens is 1. The van der Waals surface area contributed by atoms with Gasteiger partial charge in [0, 0.05) is 49.4 Å². The zero-order valence-electron chi connectivity index (χ0n) is 22.6. The first kappa shape index (κ1) is 27.5. The molecule has 0 bridgehead atoms. The summed E-state index contributed by atoms with van der Waals surface area (Å²) >= 11 is 7.75. The van der Waals surface area contributed by atoms with Crippen molar-refractivity contribution < 1.29 is 19.1 Å². The number of amides is 2. The van der Waals surface area contributed by atoms with E-state index in [4.69, 9.17) is 26.1 Å². The van der Waals surface area contributed by atoms with Gasteiger partial charge in [0.25, 0.3) is 11.8 Å². The number of pyridine rings is 1. The van der Waals surface area contributed by atoms with E-state index in [0.717, 1.165) is 55.2 Å². The van der Waals surface area contributed by atoms with Gasteiger partial charge in [-0.25, -0.2) is 4.98 Å². The quantitative estimate of drug-likeness (QED) is 0.299. The molecule has 0 spiro atoms. The van der Waals surface area contributed by atoms with Crippen LogP contribution >= 0.6 is 22.9 Å². The molecular weight excluding hydrogens is 562 g/mol. The van der Waals surface area contributed by atoms with Gasteiger partial charge in [-0.1, -0.05) is 24.6 Å². The van der Waals surface area contributed by atoms with Crippen molar-refractivity contribution in [3.05, 3.63) is 75.8 Å². The minimum Gasteiger partial charge on any atom is -0.486 e. The van der Waals surface area contributed by atoms with Crippen molar-refractivity contribution >= 4 is 56.3 Å². The van der Waals surface area contributed by atoms with E-state index in [2.05, 4.69) is 27.4 Å². The van der Waals surface area contributed by atoms with E-state index in [-0.39, 0.29) is 11.8 Å². The summed E-state index contributed by atoms with van der Waals surface area (Å²) in [4.78, 5) is 37.1. The van der Waals surface area contributed by atoms with Crippen LogP contribution < -0.4 is 20.1 Å². The maximum atomic E-state index is 13.2. The SMILES string of the molecule is CCN1CCN(Cc2ccc3cc(C(=O)Nc4cc(NC(=O)c5ccc6c(c5)OCCO6)ccc4Cl)sc3n2)CC1. The molecule has 2 aliphatic heterocycles. The topological polar surface area (TPSA) is 96.0 Å². The standard InChI is InChI=1S/C30H30ClN5O4S/c1-2-35-9-11-36(12-10-35)18-22-5-3-20-16-27(41-30(20)33-22)29(38)34-24-17-21(6-7-23(24)31)32-28(37)19-4-8-25-26(15-19)40-14-13-39-25/h3-8,15-17H,2,9-14,18H2,1H3,(H,32,37)(H,34,38). The number of carbonyl (C=O) groups is 2. The number of hydrogen-bond donors (Lipinski definition) is 2. The lowest BCUT2D eigenvalue weighted by Crippen LogP contribution is -2.45. The van der Waals surface area contributed by atoms with Gasteiger partial charge in [0.2, 0.25) is 0 Å². The molecule has 1 fully saturated rings. The van der Waals surface area contributed by atoms with E-state index in [1.807, 2.05) is 18.2 Å². The molecule has 11 heteroatoms. The molecule has 2 aliphatic rings. The van der Waals surface area contributed by atoms with Gasteiger partial charge in [-0.05, 0) is 55.1 Å². The fraction of sp³-hybridized carbons (Fsp3) is 0.300. The van der Waals surface area contributed by atoms with Crippen LogP contribution in [-0.4, -0.2) is 72.5 Å². The smallest absolute Gasteiger partial charge is 0.265 e. The van der Waals surface area contributed by atoms with Crippen LogP contribution in [0.25, 0.3) is 10.2 Å². The molecule has 0 saturated carbocycles. The van der Waals surface area contributed by atoms with E-state index >= 15 is 0 Å². The molecule has 0 unspecified atom stereocenters. The number of carbonyl (C=O) groups excluding carboxylic acids is 2. The van der Waals surface area contributed by atoms with Crippen LogP contribution in [-0.2, 0) is 6.54 Å². The summed E-state index contributed by atoms with van der Waals surface area (Å²) in [6.07, 6.45) is 0. The Labute approximate surface area is 247 Å². The van der Waals surface area contributed by atoms with E-state index < -0.39 is 0 Å². The van der Waals surface area contributed by atoms with E-state index in [1.54, 1.807) is 36.4 Å². The number of likely N-dealkylation sites (N-methyl/N-ethyl adjacent to an activating group) is 1. The summed E-state index contributed by atoms with van der Waals surface area (Å²) in [5.41, 5.74) is 2.32. The van der Waals surface area contributed by atoms with Gasteiger partial charge >= 0.3 is 0 Å². The zero-order chi connectivity index (χ0) is 28.3. The lowest BCUT2D eigenvalue weighted by atomic mass is 10.1. The number of ether oxygens (including phenoxy) is 2. The number of halogens is 1. The molecule has 212 valence electrons. The number of piperazine rings is 1. The first-order valence-corrected chi connectivity index (χ1v) is 14.8. The Hall–Kier alpha value is -3.70. The van der Waals surface area contributed by atoms with Gasteiger partial charge in [-0.2, -0.15) is 0 Å². The maximum absolute atomic E-state index is 13.2. The number of fused-ring (bicyclic) bond motifs is 2. The van der Waals surface area contributed by atoms with E-state index in [1.165, 1.54) is 11.3 Å². The largest absolute Gasteiger partial charge is 0.486 e. The highest BCUT2D eigenvalue weighted by atomic mass is 35.5. The summed E-state index contributed by atoms with van der Waals surface area (Å²) in [7, 11) is 0. The molecule has 4 heterocycles. The fourth-order valence-corrected chi connectivity index (χ4v) is 6.03. The number of hydrogen-bond acceptors (Lipinski definition) is 8. The lowest BCUT2D eigenvalue weighted by molar-refractivity contribution is 0.102. The third-order valence-electron chi connectivity index (χ3n) is 7.24. The highest BCUT2D eigenvalue weighted by molar-refractivity contribution is 7.20. The van der Waals surface area contributed by atoms with Crippen molar-refractivity contribution in [1.82, 2.24) is 14.8 Å². The highest BCUT2D eigenvalue weighted by Gasteiger charge is 2.19. The number of thiophene rings is 1. The molecular formula is C30H30ClN5O4S. The first-order chi connectivity index (χ1) is 19.9. The van der Waals surface area contributed by atoms with Gasteiger partial charge in [0.15, 0.2) is 11.5 Å². The van der Waals surface area contributed by atoms with Crippen LogP contribution in [0.3, 0.4) is 0 Å². The van der Waals surface area contributed by atoms with Crippen LogP contribution in [0.1, 0.15) is 32.6 Å². The minimum atomic E-state index is -0.319. The Morgan fingerprint density at radius 1 is 0.902 bits per heavy atom. The minimum absolute atomic E-state index is 0.289. The Morgan fingerprint density at radius 2 is 1.68 bits per heavy atom. The molecule has 41 heavy (non-hydrogen) atoms. The fourth-order valence-electron chi connectivity index (χ4n) is 4.92. The normalized spacial score (nSPS) is 15.6. The molecule has 2 aromatic carbocycles. The van der Waals surface area contributed by atoms with E-state index in [0.29, 0.717) is 51.6 Å². The van der Waals surface area contributed by atoms with Crippen LogP contribution in [0, 0.1) is 0 Å². The predicted octanol–water partition coefficient (Wildman–Crippen LogP) is 5.36. The second-order valence-electron chi connectivity index (χ2n) is 9.98. The molecule has 2 N–H and O–H groups in total. The molecule has 6 rings (SSSR count). The number of rotatable bonds is 7. The summed E-state index contributed by atoms with van der Waals surface area (Å²) in [5, 5.41) is 7.02.